The van der Waals surface area contributed by atoms with E-state index < -0.39 is 0 Å². The number of carbonyl (C=O) groups excluding carboxylic acids is 1. The summed E-state index contributed by atoms with van der Waals surface area (Å²) in [4.78, 5) is 15.6. The van der Waals surface area contributed by atoms with Gasteiger partial charge in [0.05, 0.1) is 0 Å². The Balaban J connectivity index is 2.02. The minimum Gasteiger partial charge on any atom is -0.354 e. The molecule has 0 saturated carbocycles. The lowest BCUT2D eigenvalue weighted by Crippen LogP contribution is -2.23. The van der Waals surface area contributed by atoms with Crippen molar-refractivity contribution in [3.63, 3.8) is 0 Å². The maximum atomic E-state index is 12.1. The Labute approximate surface area is 123 Å². The summed E-state index contributed by atoms with van der Waals surface area (Å²) in [6, 6.07) is 13.6. The number of hydrogen-bond acceptors (Lipinski definition) is 1. The number of H-pyrrole nitrogens is 1. The van der Waals surface area contributed by atoms with Crippen molar-refractivity contribution in [3.05, 3.63) is 53.6 Å². The predicted molar refractivity (Wildman–Crippen MR) is 85.2 cm³/mol. The van der Waals surface area contributed by atoms with Crippen molar-refractivity contribution in [2.75, 3.05) is 6.54 Å². The molecule has 3 nitrogen and oxygen atoms in total. The van der Waals surface area contributed by atoms with E-state index in [-0.39, 0.29) is 5.91 Å². The van der Waals surface area contributed by atoms with Crippen LogP contribution in [0.2, 0.25) is 0 Å². The molecule has 0 spiro atoms. The van der Waals surface area contributed by atoms with Crippen LogP contribution in [0.5, 0.6) is 0 Å². The number of rotatable bonds is 1. The highest BCUT2D eigenvalue weighted by atomic mass is 16.1. The van der Waals surface area contributed by atoms with Gasteiger partial charge in [-0.05, 0) is 29.7 Å². The van der Waals surface area contributed by atoms with Gasteiger partial charge in [-0.1, -0.05) is 35.8 Å². The number of nitrogens with one attached hydrogen (secondary N) is 2. The molecule has 2 N–H and O–H groups in total. The number of benzene rings is 2. The quantitative estimate of drug-likeness (QED) is 0.653. The van der Waals surface area contributed by atoms with Gasteiger partial charge in [-0.15, -0.1) is 0 Å². The molecular formula is C17H13BN2O. The van der Waals surface area contributed by atoms with E-state index in [1.807, 2.05) is 42.5 Å². The average molecular weight is 272 g/mol. The van der Waals surface area contributed by atoms with E-state index in [0.29, 0.717) is 6.54 Å². The van der Waals surface area contributed by atoms with Gasteiger partial charge in [0.2, 0.25) is 0 Å². The second-order valence-electron chi connectivity index (χ2n) is 5.33. The van der Waals surface area contributed by atoms with Gasteiger partial charge in [0.1, 0.15) is 7.85 Å². The Morgan fingerprint density at radius 2 is 1.86 bits per heavy atom. The molecule has 1 aliphatic heterocycles. The third-order valence-corrected chi connectivity index (χ3v) is 4.03. The molecule has 2 heterocycles. The van der Waals surface area contributed by atoms with Crippen molar-refractivity contribution in [2.45, 2.75) is 6.42 Å². The molecule has 0 bridgehead atoms. The molecule has 100 valence electrons. The fraction of sp³-hybridized carbons (Fsp3) is 0.118. The third kappa shape index (κ3) is 1.87. The first-order valence-electron chi connectivity index (χ1n) is 7.02. The van der Waals surface area contributed by atoms with Crippen LogP contribution >= 0.6 is 0 Å². The predicted octanol–water partition coefficient (Wildman–Crippen LogP) is 1.91. The SMILES string of the molecule is [B]c1ccc(-c2[nH]c3cccc4c3c2CCNC4=O)cc1. The summed E-state index contributed by atoms with van der Waals surface area (Å²) in [5, 5.41) is 3.99. The summed E-state index contributed by atoms with van der Waals surface area (Å²) in [6.45, 7) is 0.655. The van der Waals surface area contributed by atoms with Crippen LogP contribution in [0.15, 0.2) is 42.5 Å². The minimum atomic E-state index is 0.00204. The van der Waals surface area contributed by atoms with Crippen molar-refractivity contribution in [3.8, 4) is 11.3 Å². The van der Waals surface area contributed by atoms with Gasteiger partial charge >= 0.3 is 0 Å². The van der Waals surface area contributed by atoms with Crippen molar-refractivity contribution >= 4 is 30.1 Å². The van der Waals surface area contributed by atoms with Crippen molar-refractivity contribution < 1.29 is 4.79 Å². The Hall–Kier alpha value is -2.49. The van der Waals surface area contributed by atoms with Gasteiger partial charge in [-0.3, -0.25) is 4.79 Å². The number of hydrogen-bond donors (Lipinski definition) is 2. The zero-order valence-electron chi connectivity index (χ0n) is 11.4. The van der Waals surface area contributed by atoms with E-state index >= 15 is 0 Å². The summed E-state index contributed by atoms with van der Waals surface area (Å²) in [6.07, 6.45) is 0.822. The second kappa shape index (κ2) is 4.52. The largest absolute Gasteiger partial charge is 0.354 e. The number of amides is 1. The molecular weight excluding hydrogens is 259 g/mol. The highest BCUT2D eigenvalue weighted by Gasteiger charge is 2.21. The van der Waals surface area contributed by atoms with Gasteiger partial charge in [0.25, 0.3) is 5.91 Å². The Bertz CT molecular complexity index is 849. The van der Waals surface area contributed by atoms with Gasteiger partial charge < -0.3 is 10.3 Å². The van der Waals surface area contributed by atoms with Crippen LogP contribution in [0.1, 0.15) is 15.9 Å². The van der Waals surface area contributed by atoms with Crippen LogP contribution in [0.4, 0.5) is 0 Å². The normalized spacial score (nSPS) is 14.0. The second-order valence-corrected chi connectivity index (χ2v) is 5.33. The molecule has 0 saturated heterocycles. The van der Waals surface area contributed by atoms with E-state index in [0.717, 1.165) is 39.6 Å². The molecule has 21 heavy (non-hydrogen) atoms. The van der Waals surface area contributed by atoms with Gasteiger partial charge in [-0.25, -0.2) is 0 Å². The highest BCUT2D eigenvalue weighted by molar-refractivity contribution is 6.32. The monoisotopic (exact) mass is 272 g/mol. The fourth-order valence-electron chi connectivity index (χ4n) is 3.05. The molecule has 1 aromatic heterocycles. The summed E-state index contributed by atoms with van der Waals surface area (Å²) in [5.41, 5.74) is 5.87. The summed E-state index contributed by atoms with van der Waals surface area (Å²) < 4.78 is 0. The summed E-state index contributed by atoms with van der Waals surface area (Å²) in [5.74, 6) is 0.00204. The molecule has 0 unspecified atom stereocenters. The van der Waals surface area contributed by atoms with E-state index in [1.165, 1.54) is 5.56 Å². The summed E-state index contributed by atoms with van der Waals surface area (Å²) in [7, 11) is 5.76. The fourth-order valence-corrected chi connectivity index (χ4v) is 3.05. The van der Waals surface area contributed by atoms with Gasteiger partial charge in [-0.2, -0.15) is 0 Å². The van der Waals surface area contributed by atoms with Crippen molar-refractivity contribution in [2.24, 2.45) is 0 Å². The Morgan fingerprint density at radius 3 is 2.67 bits per heavy atom. The molecule has 4 heteroatoms. The van der Waals surface area contributed by atoms with E-state index in [9.17, 15) is 4.79 Å². The highest BCUT2D eigenvalue weighted by Crippen LogP contribution is 2.33. The first-order chi connectivity index (χ1) is 10.2. The maximum absolute atomic E-state index is 12.1. The van der Waals surface area contributed by atoms with Crippen molar-refractivity contribution in [1.82, 2.24) is 10.3 Å². The topological polar surface area (TPSA) is 44.9 Å². The molecule has 0 fully saturated rings. The van der Waals surface area contributed by atoms with Crippen LogP contribution < -0.4 is 10.8 Å². The first-order valence-corrected chi connectivity index (χ1v) is 7.02. The molecule has 0 aliphatic carbocycles. The van der Waals surface area contributed by atoms with Crippen LogP contribution in [0.3, 0.4) is 0 Å². The lowest BCUT2D eigenvalue weighted by atomic mass is 9.93. The van der Waals surface area contributed by atoms with E-state index in [4.69, 9.17) is 7.85 Å². The van der Waals surface area contributed by atoms with Crippen molar-refractivity contribution in [1.29, 1.82) is 0 Å². The van der Waals surface area contributed by atoms with Crippen LogP contribution in [-0.2, 0) is 6.42 Å². The van der Waals surface area contributed by atoms with Crippen LogP contribution in [0.25, 0.3) is 22.2 Å². The number of carbonyl (C=O) groups is 1. The molecule has 0 atom stereocenters. The first kappa shape index (κ1) is 12.3. The number of aromatic amines is 1. The molecule has 2 radical (unpaired) electrons. The Kier molecular flexibility index (Phi) is 2.64. The zero-order chi connectivity index (χ0) is 14.4. The van der Waals surface area contributed by atoms with Crippen LogP contribution in [0, 0.1) is 0 Å². The average Bonchev–Trinajstić information content (AvgIpc) is 2.77. The maximum Gasteiger partial charge on any atom is 0.251 e. The minimum absolute atomic E-state index is 0.00204. The summed E-state index contributed by atoms with van der Waals surface area (Å²) >= 11 is 0. The molecule has 1 aliphatic rings. The molecule has 2 aromatic carbocycles. The van der Waals surface area contributed by atoms with Gasteiger partial charge in [0, 0.05) is 28.7 Å². The zero-order valence-corrected chi connectivity index (χ0v) is 11.4. The third-order valence-electron chi connectivity index (χ3n) is 4.03. The molecule has 1 amide bonds. The van der Waals surface area contributed by atoms with Crippen LogP contribution in [-0.4, -0.2) is 25.3 Å². The lowest BCUT2D eigenvalue weighted by Gasteiger charge is -2.04. The molecule has 4 rings (SSSR count). The van der Waals surface area contributed by atoms with E-state index in [2.05, 4.69) is 10.3 Å². The van der Waals surface area contributed by atoms with E-state index in [1.54, 1.807) is 0 Å². The van der Waals surface area contributed by atoms with Gasteiger partial charge in [0.15, 0.2) is 0 Å². The Morgan fingerprint density at radius 1 is 1.05 bits per heavy atom. The smallest absolute Gasteiger partial charge is 0.251 e. The number of aromatic nitrogens is 1. The molecule has 3 aromatic rings. The standard InChI is InChI=1S/C17H13BN2O/c18-11-6-4-10(5-7-11)16-12-8-9-19-17(21)13-2-1-3-14(20-16)15(12)13/h1-7,20H,8-9H2,(H,19,21). The lowest BCUT2D eigenvalue weighted by molar-refractivity contribution is 0.0957.